The molecule has 0 atom stereocenters. The molecule has 0 aromatic heterocycles. The van der Waals surface area contributed by atoms with E-state index in [9.17, 15) is 10.2 Å². The number of benzene rings is 6. The van der Waals surface area contributed by atoms with Crippen LogP contribution in [0.3, 0.4) is 0 Å². The zero-order valence-corrected chi connectivity index (χ0v) is 47.5. The van der Waals surface area contributed by atoms with Crippen molar-refractivity contribution in [3.05, 3.63) is 142 Å². The molecule has 0 saturated heterocycles. The van der Waals surface area contributed by atoms with Crippen LogP contribution >= 0.6 is 0 Å². The zero-order chi connectivity index (χ0) is 53.1. The van der Waals surface area contributed by atoms with Gasteiger partial charge in [-0.1, -0.05) is 0 Å². The van der Waals surface area contributed by atoms with E-state index in [1.807, 2.05) is 26.0 Å². The van der Waals surface area contributed by atoms with Crippen LogP contribution in [0.4, 0.5) is 17.6 Å². The molecular weight excluding hydrogens is 957 g/mol. The Hall–Kier alpha value is -5.22. The molecule has 0 amide bonds. The van der Waals surface area contributed by atoms with Gasteiger partial charge in [-0.05, 0) is 0 Å². The number of hydrogen-bond donors (Lipinski definition) is 2. The molecule has 2 N–H and O–H groups in total. The number of aromatic hydroxyl groups is 2. The predicted octanol–water partition coefficient (Wildman–Crippen LogP) is 17.9. The van der Waals surface area contributed by atoms with Gasteiger partial charge >= 0.3 is 426 Å². The van der Waals surface area contributed by atoms with Gasteiger partial charge in [-0.25, -0.2) is 0 Å². The quantitative estimate of drug-likeness (QED) is 0.0947. The van der Waals surface area contributed by atoms with Crippen molar-refractivity contribution >= 4 is 13.3 Å². The molecule has 6 rings (SSSR count). The summed E-state index contributed by atoms with van der Waals surface area (Å²) < 4.78 is 75.2. The summed E-state index contributed by atoms with van der Waals surface area (Å²) in [6.45, 7) is 37.9. The second kappa shape index (κ2) is 20.0. The molecule has 0 spiro atoms. The maximum atomic E-state index is 15.5. The van der Waals surface area contributed by atoms with Crippen molar-refractivity contribution in [2.75, 3.05) is 10.9 Å². The minimum atomic E-state index is -3.61. The van der Waals surface area contributed by atoms with E-state index in [0.29, 0.717) is 22.3 Å². The van der Waals surface area contributed by atoms with Crippen LogP contribution in [0.5, 0.6) is 23.0 Å². The Morgan fingerprint density at radius 2 is 0.662 bits per heavy atom. The monoisotopic (exact) mass is 1030 g/mol. The standard InChI is InChI=1S/C62H76F4GeO4/c1-35(2)67(36(3)4,33-70-55-31-53(65)51(63)29-47(55)49-21-37(5)19-45(57(49)68)39-23-41(59(7,8)9)27-42(24-39)60(10,11)12)34-71-56-32-54(66)52(64)30-48(56)50-22-38(6)20-46(58(50)69)40-25-43(61(13,14)15)28-44(26-40)62(16,17)18/h19-32,35-36,68-69H,33-34H2,1-18H3. The molecule has 0 radical (unpaired) electrons. The van der Waals surface area contributed by atoms with Crippen molar-refractivity contribution in [2.45, 2.75) is 156 Å². The van der Waals surface area contributed by atoms with Crippen LogP contribution in [0.15, 0.2) is 84.9 Å². The van der Waals surface area contributed by atoms with E-state index >= 15 is 17.6 Å². The Morgan fingerprint density at radius 1 is 0.394 bits per heavy atom. The van der Waals surface area contributed by atoms with Gasteiger partial charge < -0.3 is 0 Å². The summed E-state index contributed by atoms with van der Waals surface area (Å²) in [5.74, 6) is -4.45. The first kappa shape index (κ1) is 55.1. The van der Waals surface area contributed by atoms with E-state index in [2.05, 4.69) is 147 Å². The van der Waals surface area contributed by atoms with Crippen molar-refractivity contribution in [1.82, 2.24) is 0 Å². The topological polar surface area (TPSA) is 58.9 Å². The zero-order valence-electron chi connectivity index (χ0n) is 45.4. The van der Waals surface area contributed by atoms with Crippen molar-refractivity contribution in [3.8, 4) is 67.5 Å². The summed E-state index contributed by atoms with van der Waals surface area (Å²) in [5.41, 5.74) is 9.13. The maximum absolute atomic E-state index is 15.5. The van der Waals surface area contributed by atoms with Crippen LogP contribution in [0, 0.1) is 37.1 Å². The summed E-state index contributed by atoms with van der Waals surface area (Å²) in [5, 5.41) is 24.4. The van der Waals surface area contributed by atoms with Crippen molar-refractivity contribution in [2.24, 2.45) is 0 Å². The van der Waals surface area contributed by atoms with Gasteiger partial charge in [-0.2, -0.15) is 0 Å². The average Bonchev–Trinajstić information content (AvgIpc) is 3.25. The van der Waals surface area contributed by atoms with Gasteiger partial charge in [-0.15, -0.1) is 0 Å². The number of aryl methyl sites for hydroxylation is 2. The van der Waals surface area contributed by atoms with E-state index in [1.165, 1.54) is 0 Å². The fourth-order valence-corrected chi connectivity index (χ4v) is 16.8. The van der Waals surface area contributed by atoms with Crippen LogP contribution in [0.2, 0.25) is 9.50 Å². The first-order chi connectivity index (χ1) is 32.6. The third kappa shape index (κ3) is 11.9. The number of hydrogen-bond acceptors (Lipinski definition) is 4. The summed E-state index contributed by atoms with van der Waals surface area (Å²) in [6.07, 6.45) is 0. The molecule has 0 aliphatic rings. The molecule has 71 heavy (non-hydrogen) atoms. The molecular formula is C62H76F4GeO4. The molecule has 0 unspecified atom stereocenters. The molecule has 6 aromatic rings. The molecule has 6 aromatic carbocycles. The molecule has 0 aliphatic heterocycles. The Morgan fingerprint density at radius 3 is 0.930 bits per heavy atom. The molecule has 0 bridgehead atoms. The SMILES string of the molecule is Cc1cc(-c2cc(C(C)(C)C)cc(C(C)(C)C)c2)c(O)c(-c2cc(F)c(F)cc2O[CH2][Ge]([CH2]Oc2cc(F)c(F)cc2-c2cc(C)cc(-c3cc(C(C)(C)C)cc(C(C)(C)C)c3)c2O)([CH](C)C)[CH](C)C)c1. The van der Waals surface area contributed by atoms with Gasteiger partial charge in [0.2, 0.25) is 0 Å². The van der Waals surface area contributed by atoms with Crippen LogP contribution in [-0.4, -0.2) is 34.4 Å². The second-order valence-electron chi connectivity index (χ2n) is 24.7. The fraction of sp³-hybridized carbons (Fsp3) is 0.419. The third-order valence-corrected chi connectivity index (χ3v) is 26.9. The van der Waals surface area contributed by atoms with Gasteiger partial charge in [0.15, 0.2) is 0 Å². The van der Waals surface area contributed by atoms with E-state index < -0.39 is 36.5 Å². The molecule has 0 aliphatic carbocycles. The summed E-state index contributed by atoms with van der Waals surface area (Å²) in [6, 6.07) is 24.2. The molecule has 0 saturated carbocycles. The summed E-state index contributed by atoms with van der Waals surface area (Å²) in [4.78, 5) is 0. The number of ether oxygens (including phenoxy) is 2. The molecule has 380 valence electrons. The number of phenolic OH excluding ortho intramolecular Hbond substituents is 2. The van der Waals surface area contributed by atoms with Crippen LogP contribution in [0.1, 0.15) is 144 Å². The fourth-order valence-electron chi connectivity index (χ4n) is 9.22. The summed E-state index contributed by atoms with van der Waals surface area (Å²) >= 11 is -3.61. The molecule has 0 fully saturated rings. The Kier molecular flexibility index (Phi) is 15.5. The van der Waals surface area contributed by atoms with Crippen molar-refractivity contribution in [3.63, 3.8) is 0 Å². The van der Waals surface area contributed by atoms with Crippen LogP contribution < -0.4 is 9.47 Å². The molecule has 0 heterocycles. The van der Waals surface area contributed by atoms with Gasteiger partial charge in [0, 0.05) is 0 Å². The van der Waals surface area contributed by atoms with Gasteiger partial charge in [0.25, 0.3) is 0 Å². The van der Waals surface area contributed by atoms with Crippen LogP contribution in [-0.2, 0) is 21.7 Å². The van der Waals surface area contributed by atoms with Crippen molar-refractivity contribution < 1.29 is 37.2 Å². The van der Waals surface area contributed by atoms with Crippen molar-refractivity contribution in [1.29, 1.82) is 0 Å². The third-order valence-electron chi connectivity index (χ3n) is 14.4. The van der Waals surface area contributed by atoms with Gasteiger partial charge in [-0.3, -0.25) is 0 Å². The Labute approximate surface area is 424 Å². The van der Waals surface area contributed by atoms with E-state index in [1.54, 1.807) is 12.1 Å². The van der Waals surface area contributed by atoms with E-state index in [4.69, 9.17) is 9.47 Å². The first-order valence-electron chi connectivity index (χ1n) is 24.9. The summed E-state index contributed by atoms with van der Waals surface area (Å²) in [7, 11) is 0. The van der Waals surface area contributed by atoms with Crippen LogP contribution in [0.25, 0.3) is 44.5 Å². The predicted molar refractivity (Wildman–Crippen MR) is 289 cm³/mol. The first-order valence-corrected chi connectivity index (χ1v) is 30.3. The average molecular weight is 1030 g/mol. The van der Waals surface area contributed by atoms with E-state index in [-0.39, 0.29) is 76.2 Å². The van der Waals surface area contributed by atoms with Gasteiger partial charge in [0.05, 0.1) is 0 Å². The Bertz CT molecular complexity index is 2690. The number of phenols is 2. The van der Waals surface area contributed by atoms with Gasteiger partial charge in [0.1, 0.15) is 0 Å². The normalized spacial score (nSPS) is 12.8. The minimum absolute atomic E-state index is 0.0228. The number of rotatable bonds is 12. The second-order valence-corrected chi connectivity index (χ2v) is 35.9. The number of halogens is 4. The Balaban J connectivity index is 1.43. The van der Waals surface area contributed by atoms with E-state index in [0.717, 1.165) is 68.8 Å². The molecule has 9 heteroatoms. The molecule has 4 nitrogen and oxygen atoms in total.